The first-order valence-corrected chi connectivity index (χ1v) is 15.7. The smallest absolute Gasteiger partial charge is 0.246 e. The van der Waals surface area contributed by atoms with Crippen molar-refractivity contribution in [2.75, 3.05) is 51.9 Å². The van der Waals surface area contributed by atoms with E-state index in [9.17, 15) is 4.79 Å². The van der Waals surface area contributed by atoms with Gasteiger partial charge in [-0.15, -0.1) is 0 Å². The first-order chi connectivity index (χ1) is 21.1. The zero-order chi connectivity index (χ0) is 32.1. The third-order valence-corrected chi connectivity index (χ3v) is 7.97. The van der Waals surface area contributed by atoms with Gasteiger partial charge in [0.2, 0.25) is 11.7 Å². The lowest BCUT2D eigenvalue weighted by Crippen LogP contribution is -2.48. The van der Waals surface area contributed by atoms with Gasteiger partial charge in [-0.2, -0.15) is 0 Å². The summed E-state index contributed by atoms with van der Waals surface area (Å²) in [5, 5.41) is 0. The predicted octanol–water partition coefficient (Wildman–Crippen LogP) is 8.48. The highest BCUT2D eigenvalue weighted by Gasteiger charge is 2.21. The summed E-state index contributed by atoms with van der Waals surface area (Å²) in [7, 11) is 3.23. The highest BCUT2D eigenvalue weighted by atomic mass is 16.5. The Labute approximate surface area is 265 Å². The van der Waals surface area contributed by atoms with Crippen molar-refractivity contribution in [1.29, 1.82) is 0 Å². The van der Waals surface area contributed by atoms with Crippen molar-refractivity contribution in [2.45, 2.75) is 67.2 Å². The average molecular weight is 601 g/mol. The molecule has 3 rings (SSSR count). The number of ether oxygens (including phenoxy) is 3. The highest BCUT2D eigenvalue weighted by Crippen LogP contribution is 2.39. The van der Waals surface area contributed by atoms with Crippen LogP contribution >= 0.6 is 0 Å². The second kappa shape index (κ2) is 17.4. The molecule has 0 unspecified atom stereocenters. The van der Waals surface area contributed by atoms with Crippen LogP contribution in [0.25, 0.3) is 6.08 Å². The number of benzene rings is 2. The van der Waals surface area contributed by atoms with E-state index in [0.717, 1.165) is 44.3 Å². The third kappa shape index (κ3) is 10.7. The molecule has 1 fully saturated rings. The largest absolute Gasteiger partial charge is 0.493 e. The Hall–Kier alpha value is -3.93. The predicted molar refractivity (Wildman–Crippen MR) is 184 cm³/mol. The van der Waals surface area contributed by atoms with E-state index in [1.165, 1.54) is 33.5 Å². The molecule has 1 aliphatic rings. The normalized spacial score (nSPS) is 14.2. The molecule has 2 aromatic carbocycles. The number of methoxy groups -OCH3 is 2. The van der Waals surface area contributed by atoms with Gasteiger partial charge < -0.3 is 24.0 Å². The van der Waals surface area contributed by atoms with Crippen molar-refractivity contribution < 1.29 is 19.0 Å². The number of amides is 1. The summed E-state index contributed by atoms with van der Waals surface area (Å²) in [5.41, 5.74) is 8.69. The zero-order valence-electron chi connectivity index (χ0n) is 28.2. The minimum atomic E-state index is 0.00193. The maximum Gasteiger partial charge on any atom is 0.246 e. The van der Waals surface area contributed by atoms with Crippen LogP contribution in [0.5, 0.6) is 17.2 Å². The van der Waals surface area contributed by atoms with E-state index >= 15 is 0 Å². The van der Waals surface area contributed by atoms with Crippen LogP contribution in [0.3, 0.4) is 0 Å². The fraction of sp³-hybridized carbons (Fsp3) is 0.447. The fourth-order valence-electron chi connectivity index (χ4n) is 5.35. The number of hydrogen-bond donors (Lipinski definition) is 0. The Morgan fingerprint density at radius 2 is 1.43 bits per heavy atom. The molecule has 0 saturated carbocycles. The van der Waals surface area contributed by atoms with E-state index in [1.807, 2.05) is 23.1 Å². The number of nitrogens with zero attached hydrogens (tertiary/aromatic N) is 2. The molecule has 238 valence electrons. The van der Waals surface area contributed by atoms with Gasteiger partial charge in [-0.1, -0.05) is 46.6 Å². The number of piperazine rings is 1. The maximum atomic E-state index is 13.0. The van der Waals surface area contributed by atoms with Crippen molar-refractivity contribution >= 4 is 17.7 Å². The van der Waals surface area contributed by atoms with Crippen molar-refractivity contribution in [3.63, 3.8) is 0 Å². The van der Waals surface area contributed by atoms with Gasteiger partial charge in [0.25, 0.3) is 0 Å². The van der Waals surface area contributed by atoms with Gasteiger partial charge in [0.15, 0.2) is 11.5 Å². The molecule has 1 heterocycles. The molecule has 0 aliphatic carbocycles. The standard InChI is InChI=1S/C38H52N2O4/c1-28(2)11-9-12-29(3)13-10-14-30(4)19-24-44-38-35(42-7)26-33(27-36(38)43-8)16-18-37(41)40-22-20-39(21-23-40)34-17-15-31(5)25-32(34)6/h11,13,15-19,25-27H,9-10,12,14,20-24H2,1-8H3/b18-16+,29-13+,30-19+. The number of aryl methyl sites for hydroxylation is 2. The molecule has 0 aromatic heterocycles. The molecule has 0 N–H and O–H groups in total. The van der Waals surface area contributed by atoms with Crippen LogP contribution in [0.1, 0.15) is 70.1 Å². The van der Waals surface area contributed by atoms with Crippen LogP contribution in [0.2, 0.25) is 0 Å². The van der Waals surface area contributed by atoms with Crippen LogP contribution in [-0.4, -0.2) is 57.8 Å². The molecule has 6 heteroatoms. The summed E-state index contributed by atoms with van der Waals surface area (Å²) < 4.78 is 17.4. The minimum absolute atomic E-state index is 0.00193. The molecule has 0 bridgehead atoms. The lowest BCUT2D eigenvalue weighted by atomic mass is 10.1. The minimum Gasteiger partial charge on any atom is -0.493 e. The van der Waals surface area contributed by atoms with Gasteiger partial charge in [0, 0.05) is 37.9 Å². The van der Waals surface area contributed by atoms with E-state index in [0.29, 0.717) is 36.9 Å². The molecule has 0 atom stereocenters. The molecule has 6 nitrogen and oxygen atoms in total. The van der Waals surface area contributed by atoms with Crippen LogP contribution < -0.4 is 19.1 Å². The fourth-order valence-corrected chi connectivity index (χ4v) is 5.35. The molecule has 0 spiro atoms. The molecule has 0 radical (unpaired) electrons. The number of anilines is 1. The molecule has 44 heavy (non-hydrogen) atoms. The Morgan fingerprint density at radius 3 is 2.02 bits per heavy atom. The summed E-state index contributed by atoms with van der Waals surface area (Å²) >= 11 is 0. The van der Waals surface area contributed by atoms with Gasteiger partial charge in [-0.05, 0) is 109 Å². The highest BCUT2D eigenvalue weighted by molar-refractivity contribution is 5.92. The third-order valence-electron chi connectivity index (χ3n) is 7.97. The quantitative estimate of drug-likeness (QED) is 0.161. The van der Waals surface area contributed by atoms with Crippen LogP contribution in [0, 0.1) is 13.8 Å². The van der Waals surface area contributed by atoms with E-state index in [4.69, 9.17) is 14.2 Å². The summed E-state index contributed by atoms with van der Waals surface area (Å²) in [6, 6.07) is 10.3. The van der Waals surface area contributed by atoms with Crippen molar-refractivity contribution in [3.8, 4) is 17.2 Å². The summed E-state index contributed by atoms with van der Waals surface area (Å²) in [6.07, 6.45) is 14.4. The molecule has 1 saturated heterocycles. The van der Waals surface area contributed by atoms with Gasteiger partial charge in [0.05, 0.1) is 14.2 Å². The van der Waals surface area contributed by atoms with Crippen LogP contribution in [0.15, 0.2) is 71.4 Å². The zero-order valence-corrected chi connectivity index (χ0v) is 28.2. The molecule has 2 aromatic rings. The summed E-state index contributed by atoms with van der Waals surface area (Å²) in [6.45, 7) is 16.3. The Bertz CT molecular complexity index is 1350. The topological polar surface area (TPSA) is 51.2 Å². The van der Waals surface area contributed by atoms with Gasteiger partial charge in [0.1, 0.15) is 6.61 Å². The maximum absolute atomic E-state index is 13.0. The number of carbonyl (C=O) groups is 1. The molecule has 1 aliphatic heterocycles. The van der Waals surface area contributed by atoms with Crippen molar-refractivity contribution in [1.82, 2.24) is 4.90 Å². The second-order valence-corrected chi connectivity index (χ2v) is 12.0. The van der Waals surface area contributed by atoms with E-state index < -0.39 is 0 Å². The van der Waals surface area contributed by atoms with E-state index in [-0.39, 0.29) is 5.91 Å². The lowest BCUT2D eigenvalue weighted by Gasteiger charge is -2.36. The Morgan fingerprint density at radius 1 is 0.818 bits per heavy atom. The SMILES string of the molecule is COc1cc(/C=C/C(=O)N2CCN(c3ccc(C)cc3C)CC2)cc(OC)c1OC/C=C(\C)CC/C=C(\C)CCC=C(C)C. The number of hydrogen-bond acceptors (Lipinski definition) is 5. The summed E-state index contributed by atoms with van der Waals surface area (Å²) in [5.74, 6) is 1.70. The van der Waals surface area contributed by atoms with Gasteiger partial charge >= 0.3 is 0 Å². The average Bonchev–Trinajstić information content (AvgIpc) is 3.00. The van der Waals surface area contributed by atoms with Crippen LogP contribution in [0.4, 0.5) is 5.69 Å². The van der Waals surface area contributed by atoms with Crippen LogP contribution in [-0.2, 0) is 4.79 Å². The summed E-state index contributed by atoms with van der Waals surface area (Å²) in [4.78, 5) is 17.3. The molecular weight excluding hydrogens is 548 g/mol. The number of rotatable bonds is 14. The molecule has 1 amide bonds. The molecular formula is C38H52N2O4. The first-order valence-electron chi connectivity index (χ1n) is 15.7. The van der Waals surface area contributed by atoms with E-state index in [2.05, 4.69) is 82.9 Å². The Balaban J connectivity index is 1.55. The number of carbonyl (C=O) groups excluding carboxylic acids is 1. The van der Waals surface area contributed by atoms with Gasteiger partial charge in [-0.3, -0.25) is 4.79 Å². The van der Waals surface area contributed by atoms with Crippen molar-refractivity contribution in [3.05, 3.63) is 88.0 Å². The van der Waals surface area contributed by atoms with Gasteiger partial charge in [-0.25, -0.2) is 0 Å². The number of allylic oxidation sites excluding steroid dienone is 5. The van der Waals surface area contributed by atoms with E-state index in [1.54, 1.807) is 20.3 Å². The first kappa shape index (κ1) is 34.6. The second-order valence-electron chi connectivity index (χ2n) is 12.0. The lowest BCUT2D eigenvalue weighted by molar-refractivity contribution is -0.126. The monoisotopic (exact) mass is 600 g/mol. The van der Waals surface area contributed by atoms with Crippen molar-refractivity contribution in [2.24, 2.45) is 0 Å². The Kier molecular flexibility index (Phi) is 13.7.